The number of hydrogen-bond acceptors (Lipinski definition) is 2. The molecule has 0 fully saturated rings. The summed E-state index contributed by atoms with van der Waals surface area (Å²) in [5.41, 5.74) is 0. The Labute approximate surface area is 152 Å². The van der Waals surface area contributed by atoms with E-state index in [2.05, 4.69) is 42.5 Å². The Balaban J connectivity index is 3.59. The van der Waals surface area contributed by atoms with Crippen LogP contribution in [0.5, 0.6) is 0 Å². The van der Waals surface area contributed by atoms with E-state index in [9.17, 15) is 9.90 Å². The minimum atomic E-state index is -0.751. The number of allylic oxidation sites excluding steroid dienone is 11. The van der Waals surface area contributed by atoms with Gasteiger partial charge in [0.05, 0.1) is 6.10 Å². The molecule has 1 atom stereocenters. The highest BCUT2D eigenvalue weighted by Gasteiger charge is 1.90. The van der Waals surface area contributed by atoms with Gasteiger partial charge in [0.15, 0.2) is 0 Å². The summed E-state index contributed by atoms with van der Waals surface area (Å²) in [6.45, 7) is 1.95. The topological polar surface area (TPSA) is 57.5 Å². The van der Waals surface area contributed by atoms with Gasteiger partial charge < -0.3 is 10.2 Å². The first kappa shape index (κ1) is 22.9. The molecule has 0 radical (unpaired) electrons. The van der Waals surface area contributed by atoms with Crippen molar-refractivity contribution in [2.75, 3.05) is 0 Å². The lowest BCUT2D eigenvalue weighted by atomic mass is 10.2. The second-order valence-electron chi connectivity index (χ2n) is 5.55. The predicted molar refractivity (Wildman–Crippen MR) is 106 cm³/mol. The SMILES string of the molecule is CC[C@H](O)/C=C/C=C/C/C=C/C/C=C/C/C=C\C/C=C/CCC(=O)O. The summed E-state index contributed by atoms with van der Waals surface area (Å²) < 4.78 is 0. The highest BCUT2D eigenvalue weighted by molar-refractivity contribution is 5.66. The zero-order chi connectivity index (χ0) is 18.6. The molecule has 138 valence electrons. The maximum Gasteiger partial charge on any atom is 0.303 e. The van der Waals surface area contributed by atoms with E-state index in [1.807, 2.05) is 31.2 Å². The summed E-state index contributed by atoms with van der Waals surface area (Å²) in [5.74, 6) is -0.751. The van der Waals surface area contributed by atoms with E-state index in [0.29, 0.717) is 6.42 Å². The molecule has 0 unspecified atom stereocenters. The Bertz CT molecular complexity index is 493. The largest absolute Gasteiger partial charge is 0.481 e. The summed E-state index contributed by atoms with van der Waals surface area (Å²) in [6.07, 6.45) is 29.2. The van der Waals surface area contributed by atoms with Crippen LogP contribution in [0.3, 0.4) is 0 Å². The fraction of sp³-hybridized carbons (Fsp3) is 0.409. The van der Waals surface area contributed by atoms with Gasteiger partial charge >= 0.3 is 5.97 Å². The third-order valence-electron chi connectivity index (χ3n) is 3.28. The van der Waals surface area contributed by atoms with Gasteiger partial charge in [-0.3, -0.25) is 4.79 Å². The lowest BCUT2D eigenvalue weighted by molar-refractivity contribution is -0.136. The number of carbonyl (C=O) groups is 1. The average Bonchev–Trinajstić information content (AvgIpc) is 2.60. The lowest BCUT2D eigenvalue weighted by Gasteiger charge is -1.95. The molecule has 0 aliphatic rings. The van der Waals surface area contributed by atoms with Crippen molar-refractivity contribution >= 4 is 5.97 Å². The molecule has 3 heteroatoms. The second-order valence-corrected chi connectivity index (χ2v) is 5.55. The fourth-order valence-electron chi connectivity index (χ4n) is 1.80. The highest BCUT2D eigenvalue weighted by Crippen LogP contribution is 1.97. The van der Waals surface area contributed by atoms with Crippen LogP contribution in [0, 0.1) is 0 Å². The molecule has 0 rings (SSSR count). The van der Waals surface area contributed by atoms with Crippen molar-refractivity contribution in [3.8, 4) is 0 Å². The van der Waals surface area contributed by atoms with Crippen molar-refractivity contribution in [2.24, 2.45) is 0 Å². The summed E-state index contributed by atoms with van der Waals surface area (Å²) in [4.78, 5) is 10.3. The van der Waals surface area contributed by atoms with Crippen LogP contribution in [-0.4, -0.2) is 22.3 Å². The predicted octanol–water partition coefficient (Wildman–Crippen LogP) is 5.52. The first-order valence-corrected chi connectivity index (χ1v) is 9.00. The fourth-order valence-corrected chi connectivity index (χ4v) is 1.80. The molecule has 0 bridgehead atoms. The summed E-state index contributed by atoms with van der Waals surface area (Å²) in [5, 5.41) is 17.8. The monoisotopic (exact) mass is 344 g/mol. The van der Waals surface area contributed by atoms with Gasteiger partial charge in [0, 0.05) is 6.42 Å². The molecule has 25 heavy (non-hydrogen) atoms. The van der Waals surface area contributed by atoms with Crippen LogP contribution in [-0.2, 0) is 4.79 Å². The van der Waals surface area contributed by atoms with Crippen LogP contribution >= 0.6 is 0 Å². The molecule has 0 aliphatic carbocycles. The number of carboxylic acid groups (broad SMARTS) is 1. The molecule has 0 saturated heterocycles. The van der Waals surface area contributed by atoms with Crippen molar-refractivity contribution in [3.05, 3.63) is 72.9 Å². The van der Waals surface area contributed by atoms with Crippen molar-refractivity contribution in [1.82, 2.24) is 0 Å². The third-order valence-corrected chi connectivity index (χ3v) is 3.28. The molecule has 0 amide bonds. The quantitative estimate of drug-likeness (QED) is 0.322. The Morgan fingerprint density at radius 3 is 1.76 bits per heavy atom. The van der Waals surface area contributed by atoms with Crippen LogP contribution < -0.4 is 0 Å². The molecule has 3 nitrogen and oxygen atoms in total. The normalized spacial score (nSPS) is 14.3. The molecular weight excluding hydrogens is 312 g/mol. The van der Waals surface area contributed by atoms with E-state index in [1.165, 1.54) is 0 Å². The third kappa shape index (κ3) is 19.8. The molecule has 0 aromatic rings. The molecule has 0 aromatic carbocycles. The maximum atomic E-state index is 10.3. The number of aliphatic carboxylic acids is 1. The van der Waals surface area contributed by atoms with Gasteiger partial charge in [-0.15, -0.1) is 0 Å². The van der Waals surface area contributed by atoms with Crippen LogP contribution in [0.2, 0.25) is 0 Å². The summed E-state index contributed by atoms with van der Waals surface area (Å²) in [6, 6.07) is 0. The van der Waals surface area contributed by atoms with E-state index >= 15 is 0 Å². The molecule has 0 saturated carbocycles. The number of carboxylic acids is 1. The van der Waals surface area contributed by atoms with Crippen LogP contribution in [0.1, 0.15) is 51.9 Å². The standard InChI is InChI=1S/C22H32O3/c1-2-21(23)19-17-15-13-11-9-7-5-3-4-6-8-10-12-14-16-18-20-22(24)25/h3-4,7-10,13-17,19,21,23H,2,5-6,11-12,18,20H2,1H3,(H,24,25)/b4-3+,9-7+,10-8-,15-13+,16-14+,19-17+/t21-/m0/s1. The maximum absolute atomic E-state index is 10.3. The van der Waals surface area contributed by atoms with E-state index in [4.69, 9.17) is 5.11 Å². The van der Waals surface area contributed by atoms with Crippen molar-refractivity contribution in [2.45, 2.75) is 58.0 Å². The Hall–Kier alpha value is -2.13. The molecule has 0 aromatic heterocycles. The van der Waals surface area contributed by atoms with Gasteiger partial charge in [-0.25, -0.2) is 0 Å². The Kier molecular flexibility index (Phi) is 16.7. The minimum absolute atomic E-state index is 0.199. The Morgan fingerprint density at radius 2 is 1.28 bits per heavy atom. The van der Waals surface area contributed by atoms with E-state index in [-0.39, 0.29) is 12.5 Å². The number of aliphatic hydroxyl groups is 1. The summed E-state index contributed by atoms with van der Waals surface area (Å²) in [7, 11) is 0. The van der Waals surface area contributed by atoms with Crippen molar-refractivity contribution in [3.63, 3.8) is 0 Å². The zero-order valence-electron chi connectivity index (χ0n) is 15.3. The van der Waals surface area contributed by atoms with Crippen LogP contribution in [0.25, 0.3) is 0 Å². The van der Waals surface area contributed by atoms with E-state index in [1.54, 1.807) is 6.08 Å². The second kappa shape index (κ2) is 18.2. The molecule has 0 spiro atoms. The first-order valence-electron chi connectivity index (χ1n) is 9.00. The average molecular weight is 344 g/mol. The first-order chi connectivity index (χ1) is 12.2. The van der Waals surface area contributed by atoms with E-state index < -0.39 is 5.97 Å². The van der Waals surface area contributed by atoms with Gasteiger partial charge in [-0.05, 0) is 38.5 Å². The molecule has 0 aliphatic heterocycles. The lowest BCUT2D eigenvalue weighted by Crippen LogP contribution is -1.97. The molecular formula is C22H32O3. The molecule has 2 N–H and O–H groups in total. The minimum Gasteiger partial charge on any atom is -0.481 e. The summed E-state index contributed by atoms with van der Waals surface area (Å²) >= 11 is 0. The number of rotatable bonds is 14. The van der Waals surface area contributed by atoms with Crippen LogP contribution in [0.15, 0.2) is 72.9 Å². The van der Waals surface area contributed by atoms with Gasteiger partial charge in [0.25, 0.3) is 0 Å². The Morgan fingerprint density at radius 1 is 0.800 bits per heavy atom. The smallest absolute Gasteiger partial charge is 0.303 e. The number of hydrogen-bond donors (Lipinski definition) is 2. The van der Waals surface area contributed by atoms with Crippen LogP contribution in [0.4, 0.5) is 0 Å². The number of aliphatic hydroxyl groups excluding tert-OH is 1. The van der Waals surface area contributed by atoms with Crippen molar-refractivity contribution in [1.29, 1.82) is 0 Å². The highest BCUT2D eigenvalue weighted by atomic mass is 16.4. The van der Waals surface area contributed by atoms with Crippen molar-refractivity contribution < 1.29 is 15.0 Å². The van der Waals surface area contributed by atoms with Gasteiger partial charge in [-0.1, -0.05) is 79.8 Å². The van der Waals surface area contributed by atoms with Gasteiger partial charge in [-0.2, -0.15) is 0 Å². The zero-order valence-corrected chi connectivity index (χ0v) is 15.3. The van der Waals surface area contributed by atoms with Gasteiger partial charge in [0.2, 0.25) is 0 Å². The molecule has 0 heterocycles. The van der Waals surface area contributed by atoms with E-state index in [0.717, 1.165) is 32.1 Å². The van der Waals surface area contributed by atoms with Gasteiger partial charge in [0.1, 0.15) is 0 Å².